The number of benzene rings is 1. The van der Waals surface area contributed by atoms with Gasteiger partial charge in [-0.05, 0) is 31.0 Å². The third-order valence-corrected chi connectivity index (χ3v) is 4.17. The topological polar surface area (TPSA) is 33.7 Å². The lowest BCUT2D eigenvalue weighted by molar-refractivity contribution is -0.138. The second-order valence-electron chi connectivity index (χ2n) is 5.80. The first-order chi connectivity index (χ1) is 11.4. The fraction of sp³-hybridized carbons (Fsp3) is 0.647. The van der Waals surface area contributed by atoms with E-state index < -0.39 is 12.6 Å². The van der Waals surface area contributed by atoms with Gasteiger partial charge in [0.05, 0.1) is 13.7 Å². The highest BCUT2D eigenvalue weighted by molar-refractivity contribution is 5.85. The van der Waals surface area contributed by atoms with Gasteiger partial charge in [0.1, 0.15) is 0 Å². The maximum Gasteiger partial charge on any atom is 0.389 e. The highest BCUT2D eigenvalue weighted by Crippen LogP contribution is 2.36. The average Bonchev–Trinajstić information content (AvgIpc) is 2.56. The quantitative estimate of drug-likeness (QED) is 0.777. The first-order valence-corrected chi connectivity index (χ1v) is 8.27. The van der Waals surface area contributed by atoms with E-state index in [1.54, 1.807) is 12.1 Å². The molecule has 0 aliphatic carbocycles. The number of alkyl halides is 3. The molecule has 0 bridgehead atoms. The Kier molecular flexibility index (Phi) is 8.82. The van der Waals surface area contributed by atoms with Crippen molar-refractivity contribution in [1.29, 1.82) is 0 Å². The molecule has 0 radical (unpaired) electrons. The summed E-state index contributed by atoms with van der Waals surface area (Å²) in [5, 5.41) is 3.23. The van der Waals surface area contributed by atoms with Crippen LogP contribution in [0.1, 0.15) is 31.4 Å². The maximum absolute atomic E-state index is 12.7. The van der Waals surface area contributed by atoms with E-state index in [1.165, 1.54) is 7.11 Å². The van der Waals surface area contributed by atoms with Gasteiger partial charge in [0.15, 0.2) is 11.5 Å². The van der Waals surface area contributed by atoms with Crippen molar-refractivity contribution >= 4 is 12.4 Å². The van der Waals surface area contributed by atoms with Crippen LogP contribution >= 0.6 is 12.4 Å². The molecular formula is C17H26ClF3N2O2. The number of methoxy groups -OCH3 is 1. The van der Waals surface area contributed by atoms with E-state index in [0.717, 1.165) is 31.7 Å². The summed E-state index contributed by atoms with van der Waals surface area (Å²) in [7, 11) is 1.54. The largest absolute Gasteiger partial charge is 0.493 e. The first-order valence-electron chi connectivity index (χ1n) is 8.27. The zero-order valence-corrected chi connectivity index (χ0v) is 15.4. The summed E-state index contributed by atoms with van der Waals surface area (Å²) in [6, 6.07) is 5.14. The van der Waals surface area contributed by atoms with E-state index in [-0.39, 0.29) is 24.9 Å². The summed E-state index contributed by atoms with van der Waals surface area (Å²) in [5.74, 6) is 1.17. The summed E-state index contributed by atoms with van der Waals surface area (Å²) in [4.78, 5) is 2.11. The molecule has 1 aliphatic rings. The summed E-state index contributed by atoms with van der Waals surface area (Å²) in [6.07, 6.45) is -4.90. The minimum absolute atomic E-state index is 0. The molecule has 1 aliphatic heterocycles. The summed E-state index contributed by atoms with van der Waals surface area (Å²) in [5.41, 5.74) is 0.835. The van der Waals surface area contributed by atoms with Crippen LogP contribution in [0.5, 0.6) is 11.5 Å². The Morgan fingerprint density at radius 2 is 1.88 bits per heavy atom. The Bertz CT molecular complexity index is 523. The average molecular weight is 383 g/mol. The van der Waals surface area contributed by atoms with Gasteiger partial charge in [-0.25, -0.2) is 0 Å². The van der Waals surface area contributed by atoms with E-state index in [0.29, 0.717) is 18.1 Å². The van der Waals surface area contributed by atoms with Gasteiger partial charge in [0, 0.05) is 38.6 Å². The number of nitrogens with zero attached hydrogens (tertiary/aromatic N) is 1. The van der Waals surface area contributed by atoms with Crippen LogP contribution in [0.15, 0.2) is 18.2 Å². The van der Waals surface area contributed by atoms with Crippen LogP contribution in [0.2, 0.25) is 0 Å². The molecule has 4 nitrogen and oxygen atoms in total. The molecule has 0 spiro atoms. The number of ether oxygens (including phenoxy) is 2. The van der Waals surface area contributed by atoms with Crippen LogP contribution in [0.3, 0.4) is 0 Å². The zero-order valence-electron chi connectivity index (χ0n) is 14.6. The molecule has 2 rings (SSSR count). The Balaban J connectivity index is 0.00000312. The number of nitrogens with one attached hydrogen (secondary N) is 1. The normalized spacial score (nSPS) is 16.8. The van der Waals surface area contributed by atoms with Crippen molar-refractivity contribution in [1.82, 2.24) is 10.2 Å². The minimum Gasteiger partial charge on any atom is -0.493 e. The lowest BCUT2D eigenvalue weighted by Gasteiger charge is -2.35. The van der Waals surface area contributed by atoms with Crippen molar-refractivity contribution in [3.8, 4) is 11.5 Å². The molecule has 1 fully saturated rings. The van der Waals surface area contributed by atoms with Crippen molar-refractivity contribution in [3.05, 3.63) is 23.8 Å². The van der Waals surface area contributed by atoms with Crippen LogP contribution in [0, 0.1) is 0 Å². The SMILES string of the molecule is CCOc1ccc([C@@H](CCC(F)(F)F)N2CCNCC2)cc1OC.Cl. The summed E-state index contributed by atoms with van der Waals surface area (Å²) >= 11 is 0. The molecule has 1 heterocycles. The van der Waals surface area contributed by atoms with E-state index in [1.807, 2.05) is 13.0 Å². The van der Waals surface area contributed by atoms with Gasteiger partial charge >= 0.3 is 6.18 Å². The molecule has 1 aromatic rings. The van der Waals surface area contributed by atoms with Gasteiger partial charge in [0.25, 0.3) is 0 Å². The summed E-state index contributed by atoms with van der Waals surface area (Å²) < 4.78 is 49.0. The number of halogens is 4. The third kappa shape index (κ3) is 6.56. The molecular weight excluding hydrogens is 357 g/mol. The van der Waals surface area contributed by atoms with E-state index >= 15 is 0 Å². The molecule has 0 aromatic heterocycles. The van der Waals surface area contributed by atoms with Crippen LogP contribution in [0.25, 0.3) is 0 Å². The highest BCUT2D eigenvalue weighted by atomic mass is 35.5. The monoisotopic (exact) mass is 382 g/mol. The molecule has 0 saturated carbocycles. The number of hydrogen-bond donors (Lipinski definition) is 1. The van der Waals surface area contributed by atoms with Crippen LogP contribution in [-0.4, -0.2) is 51.0 Å². The highest BCUT2D eigenvalue weighted by Gasteiger charge is 2.31. The number of rotatable bonds is 7. The van der Waals surface area contributed by atoms with E-state index in [4.69, 9.17) is 9.47 Å². The van der Waals surface area contributed by atoms with Gasteiger partial charge < -0.3 is 14.8 Å². The lowest BCUT2D eigenvalue weighted by Crippen LogP contribution is -2.45. The molecule has 8 heteroatoms. The Labute approximate surface area is 153 Å². The van der Waals surface area contributed by atoms with Crippen molar-refractivity contribution in [2.45, 2.75) is 32.0 Å². The predicted molar refractivity (Wildman–Crippen MR) is 93.9 cm³/mol. The smallest absolute Gasteiger partial charge is 0.389 e. The zero-order chi connectivity index (χ0) is 17.6. The number of piperazine rings is 1. The fourth-order valence-electron chi connectivity index (χ4n) is 3.02. The van der Waals surface area contributed by atoms with Crippen molar-refractivity contribution < 1.29 is 22.6 Å². The Morgan fingerprint density at radius 1 is 1.20 bits per heavy atom. The predicted octanol–water partition coefficient (Wildman–Crippen LogP) is 3.80. The lowest BCUT2D eigenvalue weighted by atomic mass is 9.98. The van der Waals surface area contributed by atoms with Gasteiger partial charge in [-0.2, -0.15) is 13.2 Å². The maximum atomic E-state index is 12.7. The number of hydrogen-bond acceptors (Lipinski definition) is 4. The van der Waals surface area contributed by atoms with Gasteiger partial charge in [-0.3, -0.25) is 4.90 Å². The second-order valence-corrected chi connectivity index (χ2v) is 5.80. The van der Waals surface area contributed by atoms with Gasteiger partial charge in [-0.1, -0.05) is 6.07 Å². The van der Waals surface area contributed by atoms with Crippen molar-refractivity contribution in [3.63, 3.8) is 0 Å². The standard InChI is InChI=1S/C17H25F3N2O2.ClH/c1-3-24-15-5-4-13(12-16(15)23-2)14(6-7-17(18,19)20)22-10-8-21-9-11-22;/h4-5,12,14,21H,3,6-11H2,1-2H3;1H/t14-;/m1./s1. The van der Waals surface area contributed by atoms with E-state index in [9.17, 15) is 13.2 Å². The molecule has 1 saturated heterocycles. The molecule has 25 heavy (non-hydrogen) atoms. The van der Waals surface area contributed by atoms with Crippen molar-refractivity contribution in [2.24, 2.45) is 0 Å². The van der Waals surface area contributed by atoms with Gasteiger partial charge in [-0.15, -0.1) is 12.4 Å². The second kappa shape index (κ2) is 10.1. The summed E-state index contributed by atoms with van der Waals surface area (Å²) in [6.45, 7) is 5.43. The van der Waals surface area contributed by atoms with Crippen molar-refractivity contribution in [2.75, 3.05) is 39.9 Å². The minimum atomic E-state index is -4.15. The van der Waals surface area contributed by atoms with E-state index in [2.05, 4.69) is 10.2 Å². The van der Waals surface area contributed by atoms with Crippen LogP contribution < -0.4 is 14.8 Å². The van der Waals surface area contributed by atoms with Gasteiger partial charge in [0.2, 0.25) is 0 Å². The Hall–Kier alpha value is -1.18. The molecule has 1 atom stereocenters. The van der Waals surface area contributed by atoms with Crippen LogP contribution in [-0.2, 0) is 0 Å². The first kappa shape index (κ1) is 21.9. The van der Waals surface area contributed by atoms with Crippen LogP contribution in [0.4, 0.5) is 13.2 Å². The molecule has 0 unspecified atom stereocenters. The molecule has 0 amide bonds. The molecule has 1 aromatic carbocycles. The third-order valence-electron chi connectivity index (χ3n) is 4.17. The fourth-order valence-corrected chi connectivity index (χ4v) is 3.02. The molecule has 144 valence electrons. The Morgan fingerprint density at radius 3 is 2.44 bits per heavy atom. The molecule has 1 N–H and O–H groups in total.